The largest absolute Gasteiger partial charge is 0.339 e. The first-order valence-electron chi connectivity index (χ1n) is 17.2. The Labute approximate surface area is 262 Å². The molecule has 45 heavy (non-hydrogen) atoms. The summed E-state index contributed by atoms with van der Waals surface area (Å²) in [7, 11) is 0. The molecule has 0 unspecified atom stereocenters. The van der Waals surface area contributed by atoms with Crippen LogP contribution in [0, 0.1) is 23.2 Å². The molecule has 0 N–H and O–H groups in total. The van der Waals surface area contributed by atoms with Gasteiger partial charge in [0.2, 0.25) is 17.7 Å². The molecule has 2 bridgehead atoms. The second-order valence-electron chi connectivity index (χ2n) is 15.1. The number of carbonyl (C=O) groups excluding carboxylic acids is 1. The first-order chi connectivity index (χ1) is 21.8. The molecule has 1 aromatic carbocycles. The zero-order valence-electron chi connectivity index (χ0n) is 26.0. The van der Waals surface area contributed by atoms with Crippen molar-refractivity contribution in [1.82, 2.24) is 20.3 Å². The lowest BCUT2D eigenvalue weighted by Gasteiger charge is -2.53. The number of halogens is 2. The number of alkyl halides is 2. The average Bonchev–Trinajstić information content (AvgIpc) is 3.95. The molecular formula is C35H43F2N5O3. The first-order valence-corrected chi connectivity index (χ1v) is 17.2. The summed E-state index contributed by atoms with van der Waals surface area (Å²) in [6.07, 6.45) is 13.4. The second kappa shape index (κ2) is 11.3. The third-order valence-electron chi connectivity index (χ3n) is 11.6. The van der Waals surface area contributed by atoms with Gasteiger partial charge >= 0.3 is 0 Å². The van der Waals surface area contributed by atoms with Gasteiger partial charge in [0.25, 0.3) is 5.89 Å². The standard InChI is InChI=1S/C35H43F2N5O3/c36-35(37)10-8-25(9-11-35)20-30(43)42(27-3-1-2-26(21-27)31-38-28(40-44-31)18-23-4-5-23)22-33-12-15-34(16-13-33,17-14-33)32-39-29(41-45-32)19-24-6-7-24/h1-3,21,23-25H,4-20,22H2. The van der Waals surface area contributed by atoms with E-state index in [2.05, 4.69) is 15.3 Å². The molecular weight excluding hydrogens is 576 g/mol. The maximum Gasteiger partial charge on any atom is 0.257 e. The van der Waals surface area contributed by atoms with Crippen molar-refractivity contribution in [1.29, 1.82) is 0 Å². The Morgan fingerprint density at radius 3 is 2.11 bits per heavy atom. The Hall–Kier alpha value is -3.17. The van der Waals surface area contributed by atoms with Crippen molar-refractivity contribution in [3.63, 3.8) is 0 Å². The number of hydrogen-bond donors (Lipinski definition) is 0. The molecule has 2 heterocycles. The predicted molar refractivity (Wildman–Crippen MR) is 163 cm³/mol. The number of carbonyl (C=O) groups is 1. The van der Waals surface area contributed by atoms with E-state index in [4.69, 9.17) is 14.0 Å². The minimum atomic E-state index is -2.61. The number of benzene rings is 1. The van der Waals surface area contributed by atoms with Crippen LogP contribution in [0.2, 0.25) is 0 Å². The van der Waals surface area contributed by atoms with E-state index in [0.717, 1.165) is 86.1 Å². The van der Waals surface area contributed by atoms with E-state index in [1.165, 1.54) is 25.7 Å². The highest BCUT2D eigenvalue weighted by Crippen LogP contribution is 2.58. The zero-order chi connectivity index (χ0) is 30.6. The molecule has 6 aliphatic carbocycles. The maximum absolute atomic E-state index is 14.1. The Morgan fingerprint density at radius 1 is 0.800 bits per heavy atom. The summed E-state index contributed by atoms with van der Waals surface area (Å²) in [6.45, 7) is 0.613. The number of fused-ring (bicyclic) bond motifs is 3. The summed E-state index contributed by atoms with van der Waals surface area (Å²) in [6, 6.07) is 7.84. The summed E-state index contributed by atoms with van der Waals surface area (Å²) >= 11 is 0. The number of hydrogen-bond acceptors (Lipinski definition) is 7. The van der Waals surface area contributed by atoms with Gasteiger partial charge in [0.05, 0.1) is 0 Å². The second-order valence-corrected chi connectivity index (χ2v) is 15.1. The minimum absolute atomic E-state index is 0.00814. The van der Waals surface area contributed by atoms with Crippen LogP contribution in [-0.2, 0) is 23.1 Å². The van der Waals surface area contributed by atoms with E-state index < -0.39 is 5.92 Å². The van der Waals surface area contributed by atoms with Gasteiger partial charge < -0.3 is 13.9 Å². The van der Waals surface area contributed by atoms with E-state index in [1.807, 2.05) is 29.2 Å². The first kappa shape index (κ1) is 29.2. The fourth-order valence-corrected chi connectivity index (χ4v) is 8.11. The molecule has 0 atom stereocenters. The highest BCUT2D eigenvalue weighted by molar-refractivity contribution is 5.94. The monoisotopic (exact) mass is 619 g/mol. The molecule has 6 saturated carbocycles. The predicted octanol–water partition coefficient (Wildman–Crippen LogP) is 7.87. The van der Waals surface area contributed by atoms with Crippen molar-refractivity contribution >= 4 is 11.6 Å². The number of amides is 1. The van der Waals surface area contributed by atoms with E-state index >= 15 is 0 Å². The summed E-state index contributed by atoms with van der Waals surface area (Å²) in [5, 5.41) is 8.52. The van der Waals surface area contributed by atoms with Gasteiger partial charge in [-0.1, -0.05) is 16.4 Å². The highest BCUT2D eigenvalue weighted by atomic mass is 19.3. The van der Waals surface area contributed by atoms with Crippen molar-refractivity contribution in [2.45, 2.75) is 120 Å². The molecule has 0 aliphatic heterocycles. The molecule has 9 rings (SSSR count). The molecule has 0 spiro atoms. The normalized spacial score (nSPS) is 28.0. The third-order valence-corrected chi connectivity index (χ3v) is 11.6. The molecule has 1 amide bonds. The molecule has 10 heteroatoms. The fraction of sp³-hybridized carbons (Fsp3) is 0.686. The Kier molecular flexibility index (Phi) is 7.32. The quantitative estimate of drug-likeness (QED) is 0.215. The van der Waals surface area contributed by atoms with Crippen molar-refractivity contribution < 1.29 is 22.6 Å². The summed E-state index contributed by atoms with van der Waals surface area (Å²) in [5.41, 5.74) is 1.53. The minimum Gasteiger partial charge on any atom is -0.339 e. The van der Waals surface area contributed by atoms with Crippen LogP contribution in [0.15, 0.2) is 33.3 Å². The maximum atomic E-state index is 14.1. The van der Waals surface area contributed by atoms with Crippen LogP contribution in [0.25, 0.3) is 11.5 Å². The van der Waals surface area contributed by atoms with Gasteiger partial charge in [-0.3, -0.25) is 4.79 Å². The number of aromatic nitrogens is 4. The number of nitrogens with zero attached hydrogens (tertiary/aromatic N) is 5. The van der Waals surface area contributed by atoms with Gasteiger partial charge in [-0.25, -0.2) is 8.78 Å². The smallest absolute Gasteiger partial charge is 0.257 e. The third kappa shape index (κ3) is 6.30. The van der Waals surface area contributed by atoms with E-state index in [9.17, 15) is 13.6 Å². The SMILES string of the molecule is O=C(CC1CCC(F)(F)CC1)N(CC12CCC(c3nc(CC4CC4)no3)(CC1)CC2)c1cccc(-c2nc(CC3CC3)no2)c1. The van der Waals surface area contributed by atoms with Crippen molar-refractivity contribution in [3.8, 4) is 11.5 Å². The lowest BCUT2D eigenvalue weighted by atomic mass is 9.53. The van der Waals surface area contributed by atoms with Crippen LogP contribution in [0.4, 0.5) is 14.5 Å². The van der Waals surface area contributed by atoms with Crippen LogP contribution >= 0.6 is 0 Å². The summed E-state index contributed by atoms with van der Waals surface area (Å²) < 4.78 is 39.3. The van der Waals surface area contributed by atoms with Crippen molar-refractivity contribution in [3.05, 3.63) is 41.8 Å². The topological polar surface area (TPSA) is 98.2 Å². The molecule has 3 aromatic rings. The Morgan fingerprint density at radius 2 is 1.44 bits per heavy atom. The molecule has 6 aliphatic rings. The van der Waals surface area contributed by atoms with Gasteiger partial charge in [-0.15, -0.1) is 0 Å². The highest BCUT2D eigenvalue weighted by Gasteiger charge is 2.53. The van der Waals surface area contributed by atoms with E-state index in [1.54, 1.807) is 0 Å². The molecule has 0 radical (unpaired) electrons. The number of anilines is 1. The molecule has 240 valence electrons. The van der Waals surface area contributed by atoms with Crippen LogP contribution in [-0.4, -0.2) is 38.7 Å². The van der Waals surface area contributed by atoms with E-state index in [0.29, 0.717) is 31.2 Å². The van der Waals surface area contributed by atoms with Gasteiger partial charge in [-0.05, 0) is 118 Å². The van der Waals surface area contributed by atoms with Crippen LogP contribution < -0.4 is 4.90 Å². The summed E-state index contributed by atoms with van der Waals surface area (Å²) in [4.78, 5) is 25.6. The average molecular weight is 620 g/mol. The lowest BCUT2D eigenvalue weighted by molar-refractivity contribution is -0.121. The molecule has 6 fully saturated rings. The van der Waals surface area contributed by atoms with Crippen molar-refractivity contribution in [2.75, 3.05) is 11.4 Å². The lowest BCUT2D eigenvalue weighted by Crippen LogP contribution is -2.51. The van der Waals surface area contributed by atoms with Gasteiger partial charge in [0.1, 0.15) is 0 Å². The van der Waals surface area contributed by atoms with Crippen LogP contribution in [0.5, 0.6) is 0 Å². The fourth-order valence-electron chi connectivity index (χ4n) is 8.11. The molecule has 0 saturated heterocycles. The Bertz CT molecular complexity index is 1510. The molecule has 2 aromatic heterocycles. The van der Waals surface area contributed by atoms with E-state index in [-0.39, 0.29) is 41.9 Å². The number of rotatable bonds is 11. The van der Waals surface area contributed by atoms with Crippen molar-refractivity contribution in [2.24, 2.45) is 23.2 Å². The summed E-state index contributed by atoms with van der Waals surface area (Å²) in [5.74, 6) is 1.61. The van der Waals surface area contributed by atoms with Crippen LogP contribution in [0.1, 0.15) is 114 Å². The Balaban J connectivity index is 1.01. The van der Waals surface area contributed by atoms with Gasteiger partial charge in [0.15, 0.2) is 11.6 Å². The molecule has 8 nitrogen and oxygen atoms in total. The van der Waals surface area contributed by atoms with Gasteiger partial charge in [0, 0.05) is 55.3 Å². The van der Waals surface area contributed by atoms with Gasteiger partial charge in [-0.2, -0.15) is 9.97 Å². The zero-order valence-corrected chi connectivity index (χ0v) is 26.0. The van der Waals surface area contributed by atoms with Crippen LogP contribution in [0.3, 0.4) is 0 Å².